The van der Waals surface area contributed by atoms with Gasteiger partial charge >= 0.3 is 0 Å². The molecule has 0 radical (unpaired) electrons. The summed E-state index contributed by atoms with van der Waals surface area (Å²) in [5.41, 5.74) is 0.736. The van der Waals surface area contributed by atoms with E-state index >= 15 is 0 Å². The molecule has 0 saturated carbocycles. The highest BCUT2D eigenvalue weighted by molar-refractivity contribution is 14.1. The van der Waals surface area contributed by atoms with Crippen molar-refractivity contribution in [1.29, 1.82) is 5.26 Å². The third-order valence-electron chi connectivity index (χ3n) is 2.40. The van der Waals surface area contributed by atoms with Crippen LogP contribution in [-0.2, 0) is 0 Å². The zero-order valence-corrected chi connectivity index (χ0v) is 10.5. The molecule has 0 bridgehead atoms. The van der Waals surface area contributed by atoms with Gasteiger partial charge in [-0.1, -0.05) is 6.07 Å². The number of halogens is 1. The fourth-order valence-electron chi connectivity index (χ4n) is 1.76. The Morgan fingerprint density at radius 1 is 1.33 bits per heavy atom. The van der Waals surface area contributed by atoms with Gasteiger partial charge in [-0.2, -0.15) is 5.26 Å². The number of nitriles is 1. The lowest BCUT2D eigenvalue weighted by Gasteiger charge is -1.93. The first kappa shape index (κ1) is 9.19. The van der Waals surface area contributed by atoms with E-state index in [0.717, 1.165) is 15.8 Å². The van der Waals surface area contributed by atoms with E-state index < -0.39 is 0 Å². The van der Waals surface area contributed by atoms with Crippen LogP contribution in [0.5, 0.6) is 0 Å². The van der Waals surface area contributed by atoms with Gasteiger partial charge in [-0.15, -0.1) is 11.3 Å². The van der Waals surface area contributed by atoms with E-state index in [2.05, 4.69) is 45.8 Å². The molecule has 0 spiro atoms. The summed E-state index contributed by atoms with van der Waals surface area (Å²) in [4.78, 5) is 4.24. The number of rotatable bonds is 0. The number of aromatic amines is 1. The molecule has 0 saturated heterocycles. The van der Waals surface area contributed by atoms with Crippen LogP contribution in [0.2, 0.25) is 0 Å². The highest BCUT2D eigenvalue weighted by atomic mass is 127. The van der Waals surface area contributed by atoms with Crippen molar-refractivity contribution >= 4 is 54.2 Å². The largest absolute Gasteiger partial charge is 0.352 e. The van der Waals surface area contributed by atoms with Crippen LogP contribution in [0.1, 0.15) is 5.56 Å². The van der Waals surface area contributed by atoms with Gasteiger partial charge in [-0.25, -0.2) is 0 Å². The van der Waals surface area contributed by atoms with E-state index in [9.17, 15) is 0 Å². The van der Waals surface area contributed by atoms with Crippen molar-refractivity contribution < 1.29 is 0 Å². The minimum atomic E-state index is 0.736. The fraction of sp³-hybridized carbons (Fsp3) is 0. The maximum atomic E-state index is 9.03. The summed E-state index contributed by atoms with van der Waals surface area (Å²) in [6.45, 7) is 0. The molecule has 0 aliphatic carbocycles. The van der Waals surface area contributed by atoms with Gasteiger partial charge < -0.3 is 4.98 Å². The highest BCUT2D eigenvalue weighted by Gasteiger charge is 2.12. The average molecular weight is 324 g/mol. The Kier molecular flexibility index (Phi) is 1.97. The van der Waals surface area contributed by atoms with E-state index in [-0.39, 0.29) is 0 Å². The van der Waals surface area contributed by atoms with Gasteiger partial charge in [0.25, 0.3) is 0 Å². The zero-order chi connectivity index (χ0) is 10.4. The van der Waals surface area contributed by atoms with Gasteiger partial charge in [0, 0.05) is 25.2 Å². The number of thiophene rings is 1. The Morgan fingerprint density at radius 3 is 3.00 bits per heavy atom. The van der Waals surface area contributed by atoms with Crippen LogP contribution < -0.4 is 0 Å². The van der Waals surface area contributed by atoms with Crippen molar-refractivity contribution in [3.05, 3.63) is 33.5 Å². The van der Waals surface area contributed by atoms with E-state index in [4.69, 9.17) is 5.26 Å². The van der Waals surface area contributed by atoms with Crippen LogP contribution in [0.4, 0.5) is 0 Å². The lowest BCUT2D eigenvalue weighted by molar-refractivity contribution is 1.46. The van der Waals surface area contributed by atoms with Gasteiger partial charge in [-0.05, 0) is 34.7 Å². The summed E-state index contributed by atoms with van der Waals surface area (Å²) in [6, 6.07) is 8.44. The Morgan fingerprint density at radius 2 is 2.20 bits per heavy atom. The van der Waals surface area contributed by atoms with Gasteiger partial charge in [0.1, 0.15) is 10.9 Å². The van der Waals surface area contributed by atoms with E-state index in [1.807, 2.05) is 6.07 Å². The van der Waals surface area contributed by atoms with Crippen molar-refractivity contribution in [2.45, 2.75) is 0 Å². The second kappa shape index (κ2) is 3.22. The molecule has 2 heterocycles. The van der Waals surface area contributed by atoms with Gasteiger partial charge in [-0.3, -0.25) is 0 Å². The molecule has 1 aromatic carbocycles. The number of hydrogen-bond acceptors (Lipinski definition) is 2. The van der Waals surface area contributed by atoms with Crippen molar-refractivity contribution in [1.82, 2.24) is 4.98 Å². The molecule has 0 atom stereocenters. The maximum Gasteiger partial charge on any atom is 0.102 e. The van der Waals surface area contributed by atoms with Crippen LogP contribution in [0.25, 0.3) is 20.3 Å². The van der Waals surface area contributed by atoms with Crippen LogP contribution >= 0.6 is 33.9 Å². The first-order valence-electron chi connectivity index (χ1n) is 4.39. The molecule has 72 valence electrons. The standard InChI is InChI=1S/C11H5IN2S/c12-7-2-1-3-8-10(7)9-6(4-13)5-14-11(9)15-8/h1-3,5,14H. The molecule has 2 nitrogen and oxygen atoms in total. The highest BCUT2D eigenvalue weighted by Crippen LogP contribution is 2.37. The normalized spacial score (nSPS) is 10.9. The summed E-state index contributed by atoms with van der Waals surface area (Å²) in [7, 11) is 0. The SMILES string of the molecule is N#Cc1c[nH]c2sc3cccc(I)c3c12. The summed E-state index contributed by atoms with van der Waals surface area (Å²) in [6.07, 6.45) is 1.78. The van der Waals surface area contributed by atoms with Gasteiger partial charge in [0.2, 0.25) is 0 Å². The van der Waals surface area contributed by atoms with Crippen molar-refractivity contribution in [2.24, 2.45) is 0 Å². The van der Waals surface area contributed by atoms with Gasteiger partial charge in [0.15, 0.2) is 0 Å². The lowest BCUT2D eigenvalue weighted by atomic mass is 10.1. The number of fused-ring (bicyclic) bond motifs is 3. The Bertz CT molecular complexity index is 702. The first-order chi connectivity index (χ1) is 7.31. The average Bonchev–Trinajstić information content (AvgIpc) is 2.75. The first-order valence-corrected chi connectivity index (χ1v) is 6.29. The predicted molar refractivity (Wildman–Crippen MR) is 71.1 cm³/mol. The Labute approximate surface area is 104 Å². The Hall–Kier alpha value is -1.06. The summed E-state index contributed by atoms with van der Waals surface area (Å²) < 4.78 is 2.44. The summed E-state index contributed by atoms with van der Waals surface area (Å²) in [5.74, 6) is 0. The maximum absolute atomic E-state index is 9.03. The third kappa shape index (κ3) is 1.20. The number of H-pyrrole nitrogens is 1. The number of nitrogens with one attached hydrogen (secondary N) is 1. The zero-order valence-electron chi connectivity index (χ0n) is 7.54. The number of benzene rings is 1. The summed E-state index contributed by atoms with van der Waals surface area (Å²) >= 11 is 4.02. The third-order valence-corrected chi connectivity index (χ3v) is 4.39. The molecule has 1 N–H and O–H groups in total. The molecule has 0 amide bonds. The minimum Gasteiger partial charge on any atom is -0.352 e. The molecule has 4 heteroatoms. The van der Waals surface area contributed by atoms with E-state index in [1.54, 1.807) is 17.5 Å². The fourth-order valence-corrected chi connectivity index (χ4v) is 3.83. The monoisotopic (exact) mass is 324 g/mol. The van der Waals surface area contributed by atoms with E-state index in [1.165, 1.54) is 13.7 Å². The topological polar surface area (TPSA) is 39.6 Å². The lowest BCUT2D eigenvalue weighted by Crippen LogP contribution is -1.73. The summed E-state index contributed by atoms with van der Waals surface area (Å²) in [5, 5.41) is 11.3. The van der Waals surface area contributed by atoms with Crippen molar-refractivity contribution in [3.63, 3.8) is 0 Å². The molecule has 3 aromatic rings. The van der Waals surface area contributed by atoms with Crippen molar-refractivity contribution in [3.8, 4) is 6.07 Å². The van der Waals surface area contributed by atoms with E-state index in [0.29, 0.717) is 0 Å². The van der Waals surface area contributed by atoms with Crippen LogP contribution in [0.3, 0.4) is 0 Å². The molecule has 0 aliphatic heterocycles. The minimum absolute atomic E-state index is 0.736. The molecular formula is C11H5IN2S. The second-order valence-electron chi connectivity index (χ2n) is 3.23. The number of aromatic nitrogens is 1. The molecule has 3 rings (SSSR count). The molecule has 15 heavy (non-hydrogen) atoms. The molecule has 0 aliphatic rings. The smallest absolute Gasteiger partial charge is 0.102 e. The Balaban J connectivity index is 2.65. The molecule has 0 fully saturated rings. The number of nitrogens with zero attached hydrogens (tertiary/aromatic N) is 1. The van der Waals surface area contributed by atoms with Gasteiger partial charge in [0.05, 0.1) is 5.56 Å². The molecule has 0 unspecified atom stereocenters. The quantitative estimate of drug-likeness (QED) is 0.627. The van der Waals surface area contributed by atoms with Crippen molar-refractivity contribution in [2.75, 3.05) is 0 Å². The molecule has 2 aromatic heterocycles. The predicted octanol–water partition coefficient (Wildman–Crippen LogP) is 3.86. The second-order valence-corrected chi connectivity index (χ2v) is 5.45. The van der Waals surface area contributed by atoms with Crippen LogP contribution in [-0.4, -0.2) is 4.98 Å². The number of hydrogen-bond donors (Lipinski definition) is 1. The molecular weight excluding hydrogens is 319 g/mol. The van der Waals surface area contributed by atoms with Crippen LogP contribution in [0.15, 0.2) is 24.4 Å². The van der Waals surface area contributed by atoms with Crippen LogP contribution in [0, 0.1) is 14.9 Å².